The molecule has 1 aromatic rings. The van der Waals surface area contributed by atoms with Crippen LogP contribution in [0.25, 0.3) is 0 Å². The Hall–Kier alpha value is -1.40. The molecule has 0 bridgehead atoms. The molecule has 0 amide bonds. The van der Waals surface area contributed by atoms with Gasteiger partial charge in [0, 0.05) is 0 Å². The highest BCUT2D eigenvalue weighted by Crippen LogP contribution is 2.17. The van der Waals surface area contributed by atoms with Gasteiger partial charge in [0.1, 0.15) is 0 Å². The van der Waals surface area contributed by atoms with E-state index in [-0.39, 0.29) is 6.42 Å². The van der Waals surface area contributed by atoms with Gasteiger partial charge in [-0.3, -0.25) is 4.79 Å². The number of carbonyl (C=O) groups is 1. The Balaban J connectivity index is 2.92. The van der Waals surface area contributed by atoms with Gasteiger partial charge in [-0.2, -0.15) is 0 Å². The van der Waals surface area contributed by atoms with Crippen molar-refractivity contribution in [2.24, 2.45) is 0 Å². The van der Waals surface area contributed by atoms with Crippen molar-refractivity contribution in [2.75, 3.05) is 6.26 Å². The standard InChI is InChI=1S/C10H13NO4S/c1-16(14,15)11-9(7-10(12)13)8-5-3-2-4-6-8/h2-6,9,11H,7H2,1H3,(H,12,13). The van der Waals surface area contributed by atoms with Gasteiger partial charge in [0.25, 0.3) is 0 Å². The Kier molecular flexibility index (Phi) is 4.03. The highest BCUT2D eigenvalue weighted by Gasteiger charge is 2.18. The molecule has 0 radical (unpaired) electrons. The number of hydrogen-bond donors (Lipinski definition) is 2. The van der Waals surface area contributed by atoms with Crippen molar-refractivity contribution >= 4 is 16.0 Å². The molecule has 88 valence electrons. The number of carboxylic acid groups (broad SMARTS) is 1. The minimum absolute atomic E-state index is 0.281. The van der Waals surface area contributed by atoms with Crippen molar-refractivity contribution in [1.29, 1.82) is 0 Å². The first-order valence-electron chi connectivity index (χ1n) is 4.62. The summed E-state index contributed by atoms with van der Waals surface area (Å²) in [5, 5.41) is 8.71. The zero-order chi connectivity index (χ0) is 12.2. The van der Waals surface area contributed by atoms with Crippen LogP contribution in [0.15, 0.2) is 30.3 Å². The number of sulfonamides is 1. The Morgan fingerprint density at radius 1 is 1.38 bits per heavy atom. The molecule has 0 heterocycles. The topological polar surface area (TPSA) is 83.5 Å². The zero-order valence-corrected chi connectivity index (χ0v) is 9.57. The monoisotopic (exact) mass is 243 g/mol. The molecule has 0 aliphatic heterocycles. The van der Waals surface area contributed by atoms with E-state index in [0.717, 1.165) is 6.26 Å². The molecule has 1 aromatic carbocycles. The average Bonchev–Trinajstić information content (AvgIpc) is 2.15. The quantitative estimate of drug-likeness (QED) is 0.799. The fourth-order valence-electron chi connectivity index (χ4n) is 1.35. The van der Waals surface area contributed by atoms with Gasteiger partial charge in [0.15, 0.2) is 0 Å². The first kappa shape index (κ1) is 12.7. The third-order valence-corrected chi connectivity index (χ3v) is 2.65. The lowest BCUT2D eigenvalue weighted by Gasteiger charge is -2.15. The maximum Gasteiger partial charge on any atom is 0.305 e. The van der Waals surface area contributed by atoms with Gasteiger partial charge < -0.3 is 5.11 Å². The molecule has 16 heavy (non-hydrogen) atoms. The number of carboxylic acids is 1. The number of rotatable bonds is 5. The fraction of sp³-hybridized carbons (Fsp3) is 0.300. The Morgan fingerprint density at radius 2 is 1.94 bits per heavy atom. The molecule has 0 fully saturated rings. The summed E-state index contributed by atoms with van der Waals surface area (Å²) in [6.45, 7) is 0. The van der Waals surface area contributed by atoms with Crippen molar-refractivity contribution in [2.45, 2.75) is 12.5 Å². The maximum atomic E-state index is 11.1. The summed E-state index contributed by atoms with van der Waals surface area (Å²) >= 11 is 0. The van der Waals surface area contributed by atoms with Gasteiger partial charge in [-0.25, -0.2) is 13.1 Å². The van der Waals surface area contributed by atoms with Crippen LogP contribution < -0.4 is 4.72 Å². The van der Waals surface area contributed by atoms with Gasteiger partial charge in [-0.1, -0.05) is 30.3 Å². The average molecular weight is 243 g/mol. The third kappa shape index (κ3) is 4.41. The third-order valence-electron chi connectivity index (χ3n) is 1.94. The van der Waals surface area contributed by atoms with Crippen molar-refractivity contribution in [3.63, 3.8) is 0 Å². The van der Waals surface area contributed by atoms with E-state index in [1.165, 1.54) is 0 Å². The first-order chi connectivity index (χ1) is 7.38. The fourth-order valence-corrected chi connectivity index (χ4v) is 2.08. The molecule has 1 unspecified atom stereocenters. The molecule has 6 heteroatoms. The SMILES string of the molecule is CS(=O)(=O)NC(CC(=O)O)c1ccccc1. The second-order valence-electron chi connectivity index (χ2n) is 3.45. The molecule has 0 aromatic heterocycles. The lowest BCUT2D eigenvalue weighted by molar-refractivity contribution is -0.137. The molecule has 0 aliphatic carbocycles. The smallest absolute Gasteiger partial charge is 0.305 e. The second-order valence-corrected chi connectivity index (χ2v) is 5.23. The van der Waals surface area contributed by atoms with E-state index in [9.17, 15) is 13.2 Å². The minimum atomic E-state index is -3.43. The van der Waals surface area contributed by atoms with Crippen LogP contribution in [-0.4, -0.2) is 25.7 Å². The molecule has 5 nitrogen and oxygen atoms in total. The Bertz CT molecular complexity index is 455. The van der Waals surface area contributed by atoms with Crippen molar-refractivity contribution in [3.8, 4) is 0 Å². The van der Waals surface area contributed by atoms with Crippen molar-refractivity contribution in [1.82, 2.24) is 4.72 Å². The normalized spacial score (nSPS) is 13.3. The summed E-state index contributed by atoms with van der Waals surface area (Å²) in [5.74, 6) is -1.05. The molecule has 2 N–H and O–H groups in total. The van der Waals surface area contributed by atoms with Crippen LogP contribution in [0.3, 0.4) is 0 Å². The molecular formula is C10H13NO4S. The molecule has 1 rings (SSSR count). The summed E-state index contributed by atoms with van der Waals surface area (Å²) in [4.78, 5) is 10.6. The second kappa shape index (κ2) is 5.09. The molecule has 0 spiro atoms. The van der Waals surface area contributed by atoms with E-state index in [0.29, 0.717) is 5.56 Å². The van der Waals surface area contributed by atoms with Crippen LogP contribution in [0, 0.1) is 0 Å². The van der Waals surface area contributed by atoms with Crippen LogP contribution in [0.5, 0.6) is 0 Å². The van der Waals surface area contributed by atoms with Crippen LogP contribution in [0.4, 0.5) is 0 Å². The molecule has 0 aliphatic rings. The lowest BCUT2D eigenvalue weighted by Crippen LogP contribution is -2.29. The first-order valence-corrected chi connectivity index (χ1v) is 6.51. The van der Waals surface area contributed by atoms with Crippen molar-refractivity contribution in [3.05, 3.63) is 35.9 Å². The minimum Gasteiger partial charge on any atom is -0.481 e. The number of nitrogens with one attached hydrogen (secondary N) is 1. The van der Waals surface area contributed by atoms with E-state index in [1.807, 2.05) is 0 Å². The van der Waals surface area contributed by atoms with Gasteiger partial charge in [0.05, 0.1) is 18.7 Å². The summed E-state index contributed by atoms with van der Waals surface area (Å²) in [6.07, 6.45) is 0.724. The van der Waals surface area contributed by atoms with Crippen LogP contribution in [0.1, 0.15) is 18.0 Å². The lowest BCUT2D eigenvalue weighted by atomic mass is 10.1. The van der Waals surface area contributed by atoms with Crippen molar-refractivity contribution < 1.29 is 18.3 Å². The van der Waals surface area contributed by atoms with Gasteiger partial charge in [-0.05, 0) is 5.56 Å². The molecule has 0 saturated carbocycles. The predicted octanol–water partition coefficient (Wildman–Crippen LogP) is 0.752. The van der Waals surface area contributed by atoms with Crippen LogP contribution in [-0.2, 0) is 14.8 Å². The Labute approximate surface area is 94.2 Å². The van der Waals surface area contributed by atoms with Crippen LogP contribution >= 0.6 is 0 Å². The largest absolute Gasteiger partial charge is 0.481 e. The molecule has 1 atom stereocenters. The molecule has 0 saturated heterocycles. The van der Waals surface area contributed by atoms with Gasteiger partial charge in [-0.15, -0.1) is 0 Å². The summed E-state index contributed by atoms with van der Waals surface area (Å²) in [5.41, 5.74) is 0.635. The highest BCUT2D eigenvalue weighted by molar-refractivity contribution is 7.88. The van der Waals surface area contributed by atoms with Gasteiger partial charge >= 0.3 is 5.97 Å². The number of hydrogen-bond acceptors (Lipinski definition) is 3. The summed E-state index contributed by atoms with van der Waals surface area (Å²) < 4.78 is 24.5. The highest BCUT2D eigenvalue weighted by atomic mass is 32.2. The van der Waals surface area contributed by atoms with E-state index < -0.39 is 22.0 Å². The molecular weight excluding hydrogens is 230 g/mol. The number of aliphatic carboxylic acids is 1. The summed E-state index contributed by atoms with van der Waals surface area (Å²) in [6, 6.07) is 7.88. The van der Waals surface area contributed by atoms with E-state index in [4.69, 9.17) is 5.11 Å². The maximum absolute atomic E-state index is 11.1. The van der Waals surface area contributed by atoms with E-state index in [1.54, 1.807) is 30.3 Å². The Morgan fingerprint density at radius 3 is 2.38 bits per heavy atom. The van der Waals surface area contributed by atoms with Gasteiger partial charge in [0.2, 0.25) is 10.0 Å². The van der Waals surface area contributed by atoms with E-state index in [2.05, 4.69) is 4.72 Å². The summed E-state index contributed by atoms with van der Waals surface area (Å²) in [7, 11) is -3.43. The van der Waals surface area contributed by atoms with E-state index >= 15 is 0 Å². The predicted molar refractivity (Wildman–Crippen MR) is 59.4 cm³/mol. The van der Waals surface area contributed by atoms with Crippen LogP contribution in [0.2, 0.25) is 0 Å². The zero-order valence-electron chi connectivity index (χ0n) is 8.75. The number of benzene rings is 1.